The molecular formula is C21H24BrNO3S. The molecule has 0 fully saturated rings. The monoisotopic (exact) mass is 449 g/mol. The highest BCUT2D eigenvalue weighted by Gasteiger charge is 2.21. The zero-order valence-corrected chi connectivity index (χ0v) is 18.3. The second kappa shape index (κ2) is 8.31. The molecule has 0 aliphatic carbocycles. The summed E-state index contributed by atoms with van der Waals surface area (Å²) in [5.74, 6) is 0.845. The van der Waals surface area contributed by atoms with Crippen molar-refractivity contribution in [3.8, 4) is 5.75 Å². The number of benzene rings is 2. The standard InChI is InChI=1S/C21H24BrNO3S/c1-6-27(24,25)23-18-11-8-15(9-12-18)7-10-16-13-17(22)14-19(20(16)26-5)21(2,3)4/h6-14,23H,1H2,2-5H3/b10-7+. The number of anilines is 1. The van der Waals surface area contributed by atoms with Crippen molar-refractivity contribution in [1.82, 2.24) is 0 Å². The van der Waals surface area contributed by atoms with Gasteiger partial charge < -0.3 is 4.74 Å². The summed E-state index contributed by atoms with van der Waals surface area (Å²) in [6.07, 6.45) is 3.95. The molecule has 6 heteroatoms. The number of halogens is 1. The fourth-order valence-electron chi connectivity index (χ4n) is 2.58. The number of hydrogen-bond donors (Lipinski definition) is 1. The topological polar surface area (TPSA) is 55.4 Å². The molecule has 0 saturated carbocycles. The molecule has 0 aliphatic heterocycles. The van der Waals surface area contributed by atoms with Crippen molar-refractivity contribution in [2.24, 2.45) is 0 Å². The van der Waals surface area contributed by atoms with Crippen LogP contribution in [0, 0.1) is 0 Å². The molecule has 144 valence electrons. The van der Waals surface area contributed by atoms with Gasteiger partial charge >= 0.3 is 0 Å². The van der Waals surface area contributed by atoms with Crippen LogP contribution in [0.3, 0.4) is 0 Å². The van der Waals surface area contributed by atoms with E-state index in [4.69, 9.17) is 4.74 Å². The molecule has 0 aromatic heterocycles. The normalized spacial score (nSPS) is 12.2. The summed E-state index contributed by atoms with van der Waals surface area (Å²) < 4.78 is 32.1. The van der Waals surface area contributed by atoms with E-state index in [2.05, 4.69) is 54.1 Å². The van der Waals surface area contributed by atoms with E-state index < -0.39 is 10.0 Å². The zero-order valence-electron chi connectivity index (χ0n) is 15.9. The first-order valence-corrected chi connectivity index (χ1v) is 10.7. The molecule has 0 amide bonds. The largest absolute Gasteiger partial charge is 0.496 e. The zero-order chi connectivity index (χ0) is 20.2. The van der Waals surface area contributed by atoms with Gasteiger partial charge in [-0.1, -0.05) is 67.6 Å². The first-order valence-electron chi connectivity index (χ1n) is 8.37. The maximum atomic E-state index is 11.5. The van der Waals surface area contributed by atoms with Crippen molar-refractivity contribution in [3.05, 3.63) is 69.5 Å². The minimum atomic E-state index is -3.50. The predicted octanol–water partition coefficient (Wildman–Crippen LogP) is 5.81. The van der Waals surface area contributed by atoms with Crippen molar-refractivity contribution in [1.29, 1.82) is 0 Å². The van der Waals surface area contributed by atoms with E-state index in [0.29, 0.717) is 5.69 Å². The highest BCUT2D eigenvalue weighted by Crippen LogP contribution is 2.37. The Kier molecular flexibility index (Phi) is 6.54. The quantitative estimate of drug-likeness (QED) is 0.565. The molecule has 0 spiro atoms. The molecule has 2 rings (SSSR count). The summed E-state index contributed by atoms with van der Waals surface area (Å²) in [5.41, 5.74) is 3.46. The van der Waals surface area contributed by atoms with Gasteiger partial charge in [0, 0.05) is 26.7 Å². The number of hydrogen-bond acceptors (Lipinski definition) is 3. The van der Waals surface area contributed by atoms with E-state index in [1.807, 2.05) is 30.4 Å². The van der Waals surface area contributed by atoms with Crippen LogP contribution in [0.15, 0.2) is 52.9 Å². The Bertz CT molecular complexity index is 956. The third-order valence-electron chi connectivity index (χ3n) is 3.94. The van der Waals surface area contributed by atoms with E-state index >= 15 is 0 Å². The van der Waals surface area contributed by atoms with Gasteiger partial charge in [0.1, 0.15) is 5.75 Å². The van der Waals surface area contributed by atoms with Crippen LogP contribution in [0.5, 0.6) is 5.75 Å². The van der Waals surface area contributed by atoms with E-state index in [1.165, 1.54) is 0 Å². The van der Waals surface area contributed by atoms with Gasteiger partial charge in [-0.25, -0.2) is 8.42 Å². The van der Waals surface area contributed by atoms with E-state index in [-0.39, 0.29) is 5.41 Å². The lowest BCUT2D eigenvalue weighted by atomic mass is 9.85. The van der Waals surface area contributed by atoms with Gasteiger partial charge in [-0.3, -0.25) is 4.72 Å². The minimum absolute atomic E-state index is 0.0539. The van der Waals surface area contributed by atoms with Crippen LogP contribution >= 0.6 is 15.9 Å². The van der Waals surface area contributed by atoms with Crippen molar-refractivity contribution in [2.45, 2.75) is 26.2 Å². The lowest BCUT2D eigenvalue weighted by Crippen LogP contribution is -2.13. The van der Waals surface area contributed by atoms with Crippen molar-refractivity contribution in [3.63, 3.8) is 0 Å². The Morgan fingerprint density at radius 2 is 1.74 bits per heavy atom. The van der Waals surface area contributed by atoms with Crippen LogP contribution < -0.4 is 9.46 Å². The summed E-state index contributed by atoms with van der Waals surface area (Å²) in [4.78, 5) is 0. The maximum Gasteiger partial charge on any atom is 0.254 e. The molecule has 0 atom stereocenters. The van der Waals surface area contributed by atoms with Crippen LogP contribution in [-0.2, 0) is 15.4 Å². The highest BCUT2D eigenvalue weighted by molar-refractivity contribution is 9.10. The average Bonchev–Trinajstić information content (AvgIpc) is 2.59. The Morgan fingerprint density at radius 3 is 2.26 bits per heavy atom. The van der Waals surface area contributed by atoms with Gasteiger partial charge in [-0.05, 0) is 35.2 Å². The summed E-state index contributed by atoms with van der Waals surface area (Å²) in [6, 6.07) is 11.2. The number of methoxy groups -OCH3 is 1. The van der Waals surface area contributed by atoms with Crippen molar-refractivity contribution < 1.29 is 13.2 Å². The molecule has 2 aromatic carbocycles. The number of rotatable bonds is 6. The van der Waals surface area contributed by atoms with Gasteiger partial charge in [0.25, 0.3) is 10.0 Å². The molecule has 0 radical (unpaired) electrons. The number of ether oxygens (including phenoxy) is 1. The Morgan fingerprint density at radius 1 is 1.11 bits per heavy atom. The average molecular weight is 450 g/mol. The van der Waals surface area contributed by atoms with Crippen molar-refractivity contribution in [2.75, 3.05) is 11.8 Å². The molecule has 0 heterocycles. The number of nitrogens with one attached hydrogen (secondary N) is 1. The Balaban J connectivity index is 2.33. The first kappa shape index (κ1) is 21.3. The molecule has 4 nitrogen and oxygen atoms in total. The fraction of sp³-hybridized carbons (Fsp3) is 0.238. The molecule has 0 bridgehead atoms. The van der Waals surface area contributed by atoms with Crippen LogP contribution in [0.4, 0.5) is 5.69 Å². The molecular weight excluding hydrogens is 426 g/mol. The first-order chi connectivity index (χ1) is 12.6. The molecule has 1 N–H and O–H groups in total. The summed E-state index contributed by atoms with van der Waals surface area (Å²) in [6.45, 7) is 9.72. The maximum absolute atomic E-state index is 11.5. The lowest BCUT2D eigenvalue weighted by molar-refractivity contribution is 0.396. The lowest BCUT2D eigenvalue weighted by Gasteiger charge is -2.24. The van der Waals surface area contributed by atoms with Crippen LogP contribution in [-0.4, -0.2) is 15.5 Å². The van der Waals surface area contributed by atoms with E-state index in [9.17, 15) is 8.42 Å². The van der Waals surface area contributed by atoms with Gasteiger partial charge in [0.2, 0.25) is 0 Å². The van der Waals surface area contributed by atoms with Crippen molar-refractivity contribution >= 4 is 43.8 Å². The van der Waals surface area contributed by atoms with Crippen LogP contribution in [0.25, 0.3) is 12.2 Å². The van der Waals surface area contributed by atoms with Gasteiger partial charge in [0.15, 0.2) is 0 Å². The minimum Gasteiger partial charge on any atom is -0.496 e. The fourth-order valence-corrected chi connectivity index (χ4v) is 3.60. The molecule has 27 heavy (non-hydrogen) atoms. The van der Waals surface area contributed by atoms with Gasteiger partial charge in [-0.15, -0.1) is 0 Å². The second-order valence-electron chi connectivity index (χ2n) is 7.09. The summed E-state index contributed by atoms with van der Waals surface area (Å²) >= 11 is 3.58. The Labute approximate surface area is 170 Å². The van der Waals surface area contributed by atoms with Gasteiger partial charge in [-0.2, -0.15) is 0 Å². The molecule has 0 saturated heterocycles. The predicted molar refractivity (Wildman–Crippen MR) is 118 cm³/mol. The van der Waals surface area contributed by atoms with E-state index in [1.54, 1.807) is 19.2 Å². The molecule has 2 aromatic rings. The highest BCUT2D eigenvalue weighted by atomic mass is 79.9. The number of sulfonamides is 1. The van der Waals surface area contributed by atoms with Crippen LogP contribution in [0.1, 0.15) is 37.5 Å². The van der Waals surface area contributed by atoms with Crippen LogP contribution in [0.2, 0.25) is 0 Å². The third kappa shape index (κ3) is 5.71. The molecule has 0 unspecified atom stereocenters. The SMILES string of the molecule is C=CS(=O)(=O)Nc1ccc(/C=C/c2cc(Br)cc(C(C)(C)C)c2OC)cc1. The summed E-state index contributed by atoms with van der Waals surface area (Å²) in [5, 5.41) is 0.882. The molecule has 0 aliphatic rings. The third-order valence-corrected chi connectivity index (χ3v) is 5.36. The van der Waals surface area contributed by atoms with E-state index in [0.717, 1.165) is 32.3 Å². The smallest absolute Gasteiger partial charge is 0.254 e. The second-order valence-corrected chi connectivity index (χ2v) is 9.64. The summed E-state index contributed by atoms with van der Waals surface area (Å²) in [7, 11) is -1.82. The van der Waals surface area contributed by atoms with Gasteiger partial charge in [0.05, 0.1) is 7.11 Å². The Hall–Kier alpha value is -2.05.